The van der Waals surface area contributed by atoms with E-state index in [2.05, 4.69) is 14.3 Å². The van der Waals surface area contributed by atoms with E-state index in [1.54, 1.807) is 17.4 Å². The molecule has 156 valence electrons. The zero-order valence-corrected chi connectivity index (χ0v) is 16.9. The molecule has 1 N–H and O–H groups in total. The van der Waals surface area contributed by atoms with Crippen LogP contribution in [0.15, 0.2) is 72.1 Å². The number of hydrogen-bond donors (Lipinski definition) is 1. The van der Waals surface area contributed by atoms with Crippen molar-refractivity contribution in [2.45, 2.75) is 23.8 Å². The number of hydrogen-bond acceptors (Lipinski definition) is 4. The lowest BCUT2D eigenvalue weighted by Gasteiger charge is -2.32. The molecule has 7 nitrogen and oxygen atoms in total. The Morgan fingerprint density at radius 2 is 1.70 bits per heavy atom. The molecule has 9 heteroatoms. The fraction of sp³-hybridized carbons (Fsp3) is 0.238. The van der Waals surface area contributed by atoms with Crippen molar-refractivity contribution in [2.75, 3.05) is 17.8 Å². The van der Waals surface area contributed by atoms with Crippen molar-refractivity contribution in [1.29, 1.82) is 0 Å². The summed E-state index contributed by atoms with van der Waals surface area (Å²) < 4.78 is 42.5. The van der Waals surface area contributed by atoms with E-state index in [-0.39, 0.29) is 16.5 Å². The van der Waals surface area contributed by atoms with Crippen molar-refractivity contribution < 1.29 is 17.6 Å². The van der Waals surface area contributed by atoms with Crippen molar-refractivity contribution in [2.24, 2.45) is 0 Å². The van der Waals surface area contributed by atoms with Gasteiger partial charge in [-0.1, -0.05) is 0 Å². The largest absolute Gasteiger partial charge is 0.338 e. The van der Waals surface area contributed by atoms with Gasteiger partial charge in [0.1, 0.15) is 5.82 Å². The first kappa shape index (κ1) is 20.1. The molecule has 0 aliphatic carbocycles. The van der Waals surface area contributed by atoms with E-state index in [4.69, 9.17) is 0 Å². The molecule has 2 aromatic carbocycles. The lowest BCUT2D eigenvalue weighted by Crippen LogP contribution is -2.38. The minimum Gasteiger partial charge on any atom is -0.338 e. The molecule has 0 bridgehead atoms. The Kier molecular flexibility index (Phi) is 5.54. The molecule has 0 saturated carbocycles. The van der Waals surface area contributed by atoms with Crippen LogP contribution < -0.4 is 4.72 Å². The third-order valence-electron chi connectivity index (χ3n) is 5.21. The maximum absolute atomic E-state index is 13.0. The summed E-state index contributed by atoms with van der Waals surface area (Å²) in [5.41, 5.74) is 0.703. The molecule has 3 aromatic rings. The van der Waals surface area contributed by atoms with Crippen LogP contribution in [0.3, 0.4) is 0 Å². The van der Waals surface area contributed by atoms with E-state index in [1.807, 2.05) is 6.20 Å². The number of rotatable bonds is 5. The van der Waals surface area contributed by atoms with Gasteiger partial charge in [0.05, 0.1) is 11.2 Å². The van der Waals surface area contributed by atoms with Crippen LogP contribution in [-0.4, -0.2) is 41.9 Å². The van der Waals surface area contributed by atoms with Gasteiger partial charge in [0, 0.05) is 42.8 Å². The zero-order valence-electron chi connectivity index (χ0n) is 16.1. The van der Waals surface area contributed by atoms with Gasteiger partial charge in [-0.2, -0.15) is 0 Å². The average Bonchev–Trinajstić information content (AvgIpc) is 3.30. The molecule has 0 unspecified atom stereocenters. The van der Waals surface area contributed by atoms with Gasteiger partial charge in [-0.15, -0.1) is 0 Å². The van der Waals surface area contributed by atoms with Crippen LogP contribution in [0, 0.1) is 5.82 Å². The second-order valence-electron chi connectivity index (χ2n) is 7.17. The number of likely N-dealkylation sites (tertiary alicyclic amines) is 1. The number of carbonyl (C=O) groups excluding carboxylic acids is 1. The summed E-state index contributed by atoms with van der Waals surface area (Å²) in [4.78, 5) is 18.7. The number of amides is 1. The van der Waals surface area contributed by atoms with E-state index in [0.29, 0.717) is 24.7 Å². The molecule has 1 aliphatic heterocycles. The number of nitrogens with one attached hydrogen (secondary N) is 1. The lowest BCUT2D eigenvalue weighted by atomic mass is 10.0. The first-order chi connectivity index (χ1) is 14.4. The summed E-state index contributed by atoms with van der Waals surface area (Å²) in [5, 5.41) is 0. The van der Waals surface area contributed by atoms with Crippen LogP contribution in [0.2, 0.25) is 0 Å². The number of halogens is 1. The van der Waals surface area contributed by atoms with Gasteiger partial charge in [-0.3, -0.25) is 9.52 Å². The van der Waals surface area contributed by atoms with Crippen LogP contribution in [0.4, 0.5) is 10.1 Å². The summed E-state index contributed by atoms with van der Waals surface area (Å²) in [7, 11) is -3.83. The number of anilines is 1. The number of piperidine rings is 1. The quantitative estimate of drug-likeness (QED) is 0.676. The first-order valence-corrected chi connectivity index (χ1v) is 11.1. The van der Waals surface area contributed by atoms with Crippen LogP contribution in [0.25, 0.3) is 0 Å². The van der Waals surface area contributed by atoms with Gasteiger partial charge in [-0.05, 0) is 61.4 Å². The van der Waals surface area contributed by atoms with E-state index < -0.39 is 15.8 Å². The van der Waals surface area contributed by atoms with Crippen LogP contribution in [0.5, 0.6) is 0 Å². The van der Waals surface area contributed by atoms with Gasteiger partial charge in [0.2, 0.25) is 0 Å². The number of sulfonamides is 1. The smallest absolute Gasteiger partial charge is 0.261 e. The van der Waals surface area contributed by atoms with Gasteiger partial charge in [0.25, 0.3) is 15.9 Å². The van der Waals surface area contributed by atoms with E-state index in [1.165, 1.54) is 48.5 Å². The SMILES string of the molecule is O=C(c1ccc(S(=O)(=O)Nc2ccc(F)cc2)cc1)N1CCC(n2ccnc2)CC1. The minimum absolute atomic E-state index is 0.0298. The van der Waals surface area contributed by atoms with Crippen molar-refractivity contribution in [3.05, 3.63) is 78.6 Å². The highest BCUT2D eigenvalue weighted by molar-refractivity contribution is 7.92. The summed E-state index contributed by atoms with van der Waals surface area (Å²) in [6.07, 6.45) is 7.16. The van der Waals surface area contributed by atoms with Crippen molar-refractivity contribution >= 4 is 21.6 Å². The Balaban J connectivity index is 1.40. The van der Waals surface area contributed by atoms with E-state index in [0.717, 1.165) is 12.8 Å². The standard InChI is InChI=1S/C21H21FN4O3S/c22-17-3-5-18(6-4-17)24-30(28,29)20-7-1-16(2-8-20)21(27)25-12-9-19(10-13-25)26-14-11-23-15-26/h1-8,11,14-15,19,24H,9-10,12-13H2. The fourth-order valence-electron chi connectivity index (χ4n) is 3.54. The second kappa shape index (κ2) is 8.27. The van der Waals surface area contributed by atoms with Crippen LogP contribution >= 0.6 is 0 Å². The monoisotopic (exact) mass is 428 g/mol. The highest BCUT2D eigenvalue weighted by atomic mass is 32.2. The van der Waals surface area contributed by atoms with Gasteiger partial charge in [-0.25, -0.2) is 17.8 Å². The fourth-order valence-corrected chi connectivity index (χ4v) is 4.60. The molecule has 1 amide bonds. The average molecular weight is 428 g/mol. The van der Waals surface area contributed by atoms with Gasteiger partial charge >= 0.3 is 0 Å². The van der Waals surface area contributed by atoms with Crippen LogP contribution in [0.1, 0.15) is 29.2 Å². The molecular formula is C21H21FN4O3S. The molecule has 0 atom stereocenters. The first-order valence-electron chi connectivity index (χ1n) is 9.57. The molecular weight excluding hydrogens is 407 g/mol. The van der Waals surface area contributed by atoms with Crippen molar-refractivity contribution in [3.63, 3.8) is 0 Å². The Labute approximate surface area is 174 Å². The van der Waals surface area contributed by atoms with Gasteiger partial charge in [0.15, 0.2) is 0 Å². The molecule has 0 radical (unpaired) electrons. The molecule has 2 heterocycles. The Bertz CT molecular complexity index is 1110. The second-order valence-corrected chi connectivity index (χ2v) is 8.85. The van der Waals surface area contributed by atoms with E-state index in [9.17, 15) is 17.6 Å². The zero-order chi connectivity index (χ0) is 21.1. The number of nitrogens with zero attached hydrogens (tertiary/aromatic N) is 3. The van der Waals surface area contributed by atoms with E-state index >= 15 is 0 Å². The molecule has 30 heavy (non-hydrogen) atoms. The normalized spacial score (nSPS) is 15.2. The predicted molar refractivity (Wildman–Crippen MR) is 110 cm³/mol. The molecule has 1 saturated heterocycles. The maximum atomic E-state index is 13.0. The maximum Gasteiger partial charge on any atom is 0.261 e. The topological polar surface area (TPSA) is 84.3 Å². The van der Waals surface area contributed by atoms with Crippen molar-refractivity contribution in [1.82, 2.24) is 14.5 Å². The minimum atomic E-state index is -3.83. The summed E-state index contributed by atoms with van der Waals surface area (Å²) >= 11 is 0. The molecule has 0 spiro atoms. The highest BCUT2D eigenvalue weighted by Crippen LogP contribution is 2.24. The summed E-state index contributed by atoms with van der Waals surface area (Å²) in [6.45, 7) is 1.27. The lowest BCUT2D eigenvalue weighted by molar-refractivity contribution is 0.0694. The highest BCUT2D eigenvalue weighted by Gasteiger charge is 2.25. The Hall–Kier alpha value is -3.20. The third-order valence-corrected chi connectivity index (χ3v) is 6.60. The molecule has 1 fully saturated rings. The number of imidazole rings is 1. The summed E-state index contributed by atoms with van der Waals surface area (Å²) in [5.74, 6) is -0.565. The third kappa shape index (κ3) is 4.35. The number of benzene rings is 2. The summed E-state index contributed by atoms with van der Waals surface area (Å²) in [6, 6.07) is 11.2. The Morgan fingerprint density at radius 3 is 2.30 bits per heavy atom. The Morgan fingerprint density at radius 1 is 1.03 bits per heavy atom. The predicted octanol–water partition coefficient (Wildman–Crippen LogP) is 3.30. The molecule has 1 aliphatic rings. The molecule has 1 aromatic heterocycles. The van der Waals surface area contributed by atoms with Crippen molar-refractivity contribution in [3.8, 4) is 0 Å². The van der Waals surface area contributed by atoms with Crippen LogP contribution in [-0.2, 0) is 10.0 Å². The van der Waals surface area contributed by atoms with Gasteiger partial charge < -0.3 is 9.47 Å². The number of aromatic nitrogens is 2. The number of carbonyl (C=O) groups is 1. The molecule has 4 rings (SSSR count).